The number of aliphatic hydroxyl groups is 1. The van der Waals surface area contributed by atoms with E-state index >= 15 is 0 Å². The van der Waals surface area contributed by atoms with E-state index in [2.05, 4.69) is 15.9 Å². The van der Waals surface area contributed by atoms with Crippen molar-refractivity contribution in [3.63, 3.8) is 0 Å². The molecule has 1 aromatic rings. The average Bonchev–Trinajstić information content (AvgIpc) is 2.39. The van der Waals surface area contributed by atoms with Crippen LogP contribution in [0.25, 0.3) is 0 Å². The molecule has 0 aromatic heterocycles. The second-order valence-electron chi connectivity index (χ2n) is 5.98. The summed E-state index contributed by atoms with van der Waals surface area (Å²) < 4.78 is 13.1. The molecule has 4 heteroatoms. The largest absolute Gasteiger partial charge is 0.490 e. The van der Waals surface area contributed by atoms with Crippen molar-refractivity contribution in [1.82, 2.24) is 0 Å². The summed E-state index contributed by atoms with van der Waals surface area (Å²) in [7, 11) is 0. The van der Waals surface area contributed by atoms with Gasteiger partial charge in [-0.1, -0.05) is 15.9 Å². The maximum absolute atomic E-state index is 9.89. The molecule has 110 valence electrons. The quantitative estimate of drug-likeness (QED) is 0.904. The Balaban J connectivity index is 1.74. The second kappa shape index (κ2) is 5.66. The van der Waals surface area contributed by atoms with Crippen molar-refractivity contribution in [1.29, 1.82) is 0 Å². The van der Waals surface area contributed by atoms with Crippen LogP contribution in [0.4, 0.5) is 0 Å². The third kappa shape index (κ3) is 2.87. The molecule has 1 saturated heterocycles. The van der Waals surface area contributed by atoms with Crippen LogP contribution in [0.15, 0.2) is 22.7 Å². The van der Waals surface area contributed by atoms with Crippen LogP contribution in [0.1, 0.15) is 50.7 Å². The first-order chi connectivity index (χ1) is 9.58. The highest BCUT2D eigenvalue weighted by molar-refractivity contribution is 9.10. The first-order valence-corrected chi connectivity index (χ1v) is 8.15. The van der Waals surface area contributed by atoms with E-state index in [9.17, 15) is 5.11 Å². The van der Waals surface area contributed by atoms with Gasteiger partial charge in [-0.05, 0) is 44.4 Å². The van der Waals surface area contributed by atoms with Crippen molar-refractivity contribution < 1.29 is 14.6 Å². The number of halogens is 1. The van der Waals surface area contributed by atoms with Gasteiger partial charge < -0.3 is 14.6 Å². The summed E-state index contributed by atoms with van der Waals surface area (Å²) in [6.45, 7) is 2.55. The van der Waals surface area contributed by atoms with Crippen LogP contribution < -0.4 is 4.74 Å². The van der Waals surface area contributed by atoms with Crippen molar-refractivity contribution in [2.24, 2.45) is 0 Å². The summed E-state index contributed by atoms with van der Waals surface area (Å²) in [4.78, 5) is 0. The van der Waals surface area contributed by atoms with Gasteiger partial charge in [0, 0.05) is 22.9 Å². The molecule has 1 aliphatic carbocycles. The molecule has 3 rings (SSSR count). The molecule has 2 fully saturated rings. The minimum absolute atomic E-state index is 0.0866. The van der Waals surface area contributed by atoms with Crippen LogP contribution in [0, 0.1) is 0 Å². The maximum Gasteiger partial charge on any atom is 0.125 e. The SMILES string of the molecule is C[C@@H](O)c1cc(Br)ccc1OC1CCOC2(CCC2)C1. The fraction of sp³-hybridized carbons (Fsp3) is 0.625. The van der Waals surface area contributed by atoms with Gasteiger partial charge >= 0.3 is 0 Å². The molecule has 0 bridgehead atoms. The van der Waals surface area contributed by atoms with Gasteiger partial charge in [-0.15, -0.1) is 0 Å². The van der Waals surface area contributed by atoms with Gasteiger partial charge in [-0.25, -0.2) is 0 Å². The number of rotatable bonds is 3. The molecular formula is C16H21BrO3. The Morgan fingerprint density at radius 3 is 2.90 bits per heavy atom. The summed E-state index contributed by atoms with van der Waals surface area (Å²) in [6, 6.07) is 5.83. The van der Waals surface area contributed by atoms with Gasteiger partial charge in [-0.2, -0.15) is 0 Å². The molecule has 1 unspecified atom stereocenters. The molecule has 1 aliphatic heterocycles. The predicted molar refractivity (Wildman–Crippen MR) is 81.0 cm³/mol. The van der Waals surface area contributed by atoms with Crippen molar-refractivity contribution in [2.75, 3.05) is 6.61 Å². The summed E-state index contributed by atoms with van der Waals surface area (Å²) in [6.07, 6.45) is 5.17. The molecule has 0 radical (unpaired) electrons. The van der Waals surface area contributed by atoms with E-state index < -0.39 is 6.10 Å². The smallest absolute Gasteiger partial charge is 0.125 e. The molecule has 20 heavy (non-hydrogen) atoms. The lowest BCUT2D eigenvalue weighted by molar-refractivity contribution is -0.153. The monoisotopic (exact) mass is 340 g/mol. The fourth-order valence-corrected chi connectivity index (χ4v) is 3.51. The van der Waals surface area contributed by atoms with Crippen molar-refractivity contribution >= 4 is 15.9 Å². The van der Waals surface area contributed by atoms with E-state index in [0.717, 1.165) is 48.1 Å². The van der Waals surface area contributed by atoms with Crippen LogP contribution in [0.2, 0.25) is 0 Å². The van der Waals surface area contributed by atoms with Gasteiger partial charge in [0.2, 0.25) is 0 Å². The van der Waals surface area contributed by atoms with E-state index in [1.54, 1.807) is 6.92 Å². The topological polar surface area (TPSA) is 38.7 Å². The second-order valence-corrected chi connectivity index (χ2v) is 6.89. The summed E-state index contributed by atoms with van der Waals surface area (Å²) in [5, 5.41) is 9.89. The molecule has 3 nitrogen and oxygen atoms in total. The lowest BCUT2D eigenvalue weighted by Crippen LogP contribution is -2.48. The minimum atomic E-state index is -0.528. The molecule has 1 heterocycles. The number of aliphatic hydroxyl groups excluding tert-OH is 1. The molecule has 1 spiro atoms. The summed E-state index contributed by atoms with van der Waals surface area (Å²) >= 11 is 3.44. The highest BCUT2D eigenvalue weighted by Gasteiger charge is 2.43. The van der Waals surface area contributed by atoms with Crippen LogP contribution in [0.3, 0.4) is 0 Å². The molecule has 0 amide bonds. The first kappa shape index (κ1) is 14.4. The third-order valence-corrected chi connectivity index (χ3v) is 4.92. The molecule has 1 N–H and O–H groups in total. The summed E-state index contributed by atoms with van der Waals surface area (Å²) in [5.74, 6) is 0.796. The number of benzene rings is 1. The highest BCUT2D eigenvalue weighted by Crippen LogP contribution is 2.43. The Morgan fingerprint density at radius 1 is 1.45 bits per heavy atom. The minimum Gasteiger partial charge on any atom is -0.490 e. The first-order valence-electron chi connectivity index (χ1n) is 7.36. The molecule has 2 atom stereocenters. The van der Waals surface area contributed by atoms with Crippen molar-refractivity contribution in [2.45, 2.75) is 56.8 Å². The Morgan fingerprint density at radius 2 is 2.25 bits per heavy atom. The van der Waals surface area contributed by atoms with Gasteiger partial charge in [0.25, 0.3) is 0 Å². The van der Waals surface area contributed by atoms with Gasteiger partial charge in [0.05, 0.1) is 18.3 Å². The Kier molecular flexibility index (Phi) is 4.07. The zero-order valence-electron chi connectivity index (χ0n) is 11.8. The molecular weight excluding hydrogens is 320 g/mol. The number of ether oxygens (including phenoxy) is 2. The highest BCUT2D eigenvalue weighted by atomic mass is 79.9. The van der Waals surface area contributed by atoms with E-state index in [1.807, 2.05) is 18.2 Å². The summed E-state index contributed by atoms with van der Waals surface area (Å²) in [5.41, 5.74) is 0.928. The molecule has 2 aliphatic rings. The molecule has 1 saturated carbocycles. The van der Waals surface area contributed by atoms with Gasteiger partial charge in [-0.3, -0.25) is 0 Å². The maximum atomic E-state index is 9.89. The van der Waals surface area contributed by atoms with Crippen LogP contribution in [0.5, 0.6) is 5.75 Å². The average molecular weight is 341 g/mol. The lowest BCUT2D eigenvalue weighted by Gasteiger charge is -2.47. The standard InChI is InChI=1S/C16H21BrO3/c1-11(18)14-9-12(17)3-4-15(14)20-13-5-8-19-16(10-13)6-2-7-16/h3-4,9,11,13,18H,2,5-8,10H2,1H3/t11-,13?/m1/s1. The molecule has 1 aromatic carbocycles. The number of hydrogen-bond acceptors (Lipinski definition) is 3. The zero-order valence-corrected chi connectivity index (χ0v) is 13.4. The zero-order chi connectivity index (χ0) is 14.2. The van der Waals surface area contributed by atoms with Crippen LogP contribution in [-0.4, -0.2) is 23.4 Å². The van der Waals surface area contributed by atoms with E-state index in [4.69, 9.17) is 9.47 Å². The van der Waals surface area contributed by atoms with Crippen molar-refractivity contribution in [3.05, 3.63) is 28.2 Å². The number of hydrogen-bond donors (Lipinski definition) is 1. The van der Waals surface area contributed by atoms with Gasteiger partial charge in [0.1, 0.15) is 11.9 Å². The van der Waals surface area contributed by atoms with Crippen LogP contribution in [-0.2, 0) is 4.74 Å². The van der Waals surface area contributed by atoms with Crippen LogP contribution >= 0.6 is 15.9 Å². The third-order valence-electron chi connectivity index (χ3n) is 4.43. The Hall–Kier alpha value is -0.580. The van der Waals surface area contributed by atoms with Crippen molar-refractivity contribution in [3.8, 4) is 5.75 Å². The fourth-order valence-electron chi connectivity index (χ4n) is 3.14. The van der Waals surface area contributed by atoms with E-state index in [-0.39, 0.29) is 11.7 Å². The van der Waals surface area contributed by atoms with E-state index in [1.165, 1.54) is 6.42 Å². The lowest BCUT2D eigenvalue weighted by atomic mass is 9.74. The van der Waals surface area contributed by atoms with E-state index in [0.29, 0.717) is 0 Å². The predicted octanol–water partition coefficient (Wildman–Crippen LogP) is 3.98. The normalized spacial score (nSPS) is 26.1. The van der Waals surface area contributed by atoms with Gasteiger partial charge in [0.15, 0.2) is 0 Å². The Bertz CT molecular complexity index is 483. The Labute approximate surface area is 128 Å².